The van der Waals surface area contributed by atoms with Crippen molar-refractivity contribution in [3.8, 4) is 5.75 Å². The number of rotatable bonds is 2. The lowest BCUT2D eigenvalue weighted by molar-refractivity contribution is -0.0146. The summed E-state index contributed by atoms with van der Waals surface area (Å²) in [5, 5.41) is 24.8. The highest BCUT2D eigenvalue weighted by molar-refractivity contribution is 5.97. The fourth-order valence-electron chi connectivity index (χ4n) is 5.96. The zero-order chi connectivity index (χ0) is 21.7. The molecule has 3 heterocycles. The number of aromatic nitrogens is 1. The third kappa shape index (κ3) is 2.44. The summed E-state index contributed by atoms with van der Waals surface area (Å²) in [6.07, 6.45) is 1.52. The van der Waals surface area contributed by atoms with Gasteiger partial charge in [-0.3, -0.25) is 19.1 Å². The Morgan fingerprint density at radius 3 is 2.71 bits per heavy atom. The number of carbonyl (C=O) groups excluding carboxylic acids is 1. The lowest BCUT2D eigenvalue weighted by atomic mass is 9.94. The van der Waals surface area contributed by atoms with Crippen LogP contribution < -0.4 is 10.9 Å². The smallest absolute Gasteiger partial charge is 0.295 e. The van der Waals surface area contributed by atoms with Gasteiger partial charge in [-0.25, -0.2) is 8.78 Å². The summed E-state index contributed by atoms with van der Waals surface area (Å²) < 4.78 is 28.2. The van der Waals surface area contributed by atoms with Crippen LogP contribution in [0.1, 0.15) is 52.7 Å². The van der Waals surface area contributed by atoms with Crippen LogP contribution in [0.4, 0.5) is 8.78 Å². The Balaban J connectivity index is 1.42. The molecule has 4 aliphatic rings. The van der Waals surface area contributed by atoms with Crippen LogP contribution >= 0.6 is 0 Å². The minimum absolute atomic E-state index is 0.0302. The summed E-state index contributed by atoms with van der Waals surface area (Å²) in [6, 6.07) is 3.49. The van der Waals surface area contributed by atoms with E-state index in [1.54, 1.807) is 4.90 Å². The van der Waals surface area contributed by atoms with Crippen LogP contribution in [-0.2, 0) is 18.6 Å². The fourth-order valence-corrected chi connectivity index (χ4v) is 5.96. The molecule has 1 amide bonds. The molecule has 3 unspecified atom stereocenters. The van der Waals surface area contributed by atoms with E-state index in [-0.39, 0.29) is 29.6 Å². The molecular weight excluding hydrogens is 408 g/mol. The van der Waals surface area contributed by atoms with Crippen LogP contribution in [0.5, 0.6) is 5.75 Å². The summed E-state index contributed by atoms with van der Waals surface area (Å²) in [6.45, 7) is 0.416. The number of pyridine rings is 1. The number of fused-ring (bicyclic) bond motifs is 6. The molecule has 1 aromatic carbocycles. The summed E-state index contributed by atoms with van der Waals surface area (Å²) >= 11 is 0. The number of nitrogens with zero attached hydrogens (tertiary/aromatic N) is 2. The van der Waals surface area contributed by atoms with E-state index in [1.807, 2.05) is 0 Å². The fraction of sp³-hybridized carbons (Fsp3) is 0.455. The van der Waals surface area contributed by atoms with Gasteiger partial charge in [0.25, 0.3) is 11.5 Å². The molecule has 6 rings (SSSR count). The van der Waals surface area contributed by atoms with E-state index in [2.05, 4.69) is 5.32 Å². The molecule has 0 saturated heterocycles. The van der Waals surface area contributed by atoms with Gasteiger partial charge in [0.2, 0.25) is 0 Å². The SMILES string of the molecule is O=C1NC2(CCC3C[C@@H]32)n2c1c1c(c(O)c2=O)C(O)N(Cc2ccc(F)c(F)c2)CC1. The summed E-state index contributed by atoms with van der Waals surface area (Å²) in [5.74, 6) is -2.15. The number of benzene rings is 1. The number of hydrogen-bond donors (Lipinski definition) is 3. The molecular formula is C22H21F2N3O4. The Labute approximate surface area is 175 Å². The lowest BCUT2D eigenvalue weighted by Gasteiger charge is -2.36. The zero-order valence-electron chi connectivity index (χ0n) is 16.6. The van der Waals surface area contributed by atoms with Crippen molar-refractivity contribution in [1.82, 2.24) is 14.8 Å². The molecule has 0 bridgehead atoms. The first-order valence-electron chi connectivity index (χ1n) is 10.5. The molecule has 4 atom stereocenters. The van der Waals surface area contributed by atoms with Crippen LogP contribution in [0.25, 0.3) is 0 Å². The van der Waals surface area contributed by atoms with Gasteiger partial charge in [0.1, 0.15) is 17.6 Å². The molecule has 2 saturated carbocycles. The first-order valence-corrected chi connectivity index (χ1v) is 10.5. The van der Waals surface area contributed by atoms with E-state index in [1.165, 1.54) is 10.6 Å². The van der Waals surface area contributed by atoms with Gasteiger partial charge < -0.3 is 15.5 Å². The number of amides is 1. The maximum atomic E-state index is 13.6. The number of nitrogens with one attached hydrogen (secondary N) is 1. The van der Waals surface area contributed by atoms with Gasteiger partial charge >= 0.3 is 0 Å². The summed E-state index contributed by atoms with van der Waals surface area (Å²) in [7, 11) is 0. The highest BCUT2D eigenvalue weighted by Gasteiger charge is 2.63. The quantitative estimate of drug-likeness (QED) is 0.676. The maximum Gasteiger partial charge on any atom is 0.295 e. The van der Waals surface area contributed by atoms with Gasteiger partial charge in [-0.15, -0.1) is 0 Å². The van der Waals surface area contributed by atoms with E-state index in [0.29, 0.717) is 36.4 Å². The van der Waals surface area contributed by atoms with Crippen LogP contribution in [0.3, 0.4) is 0 Å². The average molecular weight is 429 g/mol. The van der Waals surface area contributed by atoms with Gasteiger partial charge in [-0.05, 0) is 54.9 Å². The van der Waals surface area contributed by atoms with Crippen molar-refractivity contribution >= 4 is 5.91 Å². The molecule has 9 heteroatoms. The van der Waals surface area contributed by atoms with Crippen molar-refractivity contribution in [2.75, 3.05) is 6.54 Å². The second-order valence-electron chi connectivity index (χ2n) is 9.09. The number of halogens is 2. The molecule has 31 heavy (non-hydrogen) atoms. The third-order valence-electron chi connectivity index (χ3n) is 7.49. The van der Waals surface area contributed by atoms with Crippen LogP contribution in [0, 0.1) is 23.5 Å². The Bertz CT molecular complexity index is 1210. The van der Waals surface area contributed by atoms with E-state index in [9.17, 15) is 28.6 Å². The number of hydrogen-bond acceptors (Lipinski definition) is 5. The van der Waals surface area contributed by atoms with Crippen molar-refractivity contribution < 1.29 is 23.8 Å². The van der Waals surface area contributed by atoms with Gasteiger partial charge in [0.05, 0.1) is 0 Å². The topological polar surface area (TPSA) is 94.8 Å². The number of aromatic hydroxyl groups is 1. The minimum atomic E-state index is -1.35. The first-order chi connectivity index (χ1) is 14.8. The Morgan fingerprint density at radius 2 is 2.03 bits per heavy atom. The molecule has 0 radical (unpaired) electrons. The number of carbonyl (C=O) groups is 1. The van der Waals surface area contributed by atoms with Crippen LogP contribution in [0.15, 0.2) is 23.0 Å². The maximum absolute atomic E-state index is 13.6. The molecule has 2 aromatic rings. The van der Waals surface area contributed by atoms with Crippen LogP contribution in [0.2, 0.25) is 0 Å². The van der Waals surface area contributed by atoms with Crippen molar-refractivity contribution in [3.05, 3.63) is 62.6 Å². The normalized spacial score (nSPS) is 30.8. The number of aliphatic hydroxyl groups is 1. The predicted molar refractivity (Wildman–Crippen MR) is 104 cm³/mol. The van der Waals surface area contributed by atoms with Gasteiger partial charge in [0.15, 0.2) is 17.4 Å². The molecule has 2 aliphatic heterocycles. The van der Waals surface area contributed by atoms with Crippen molar-refractivity contribution in [2.24, 2.45) is 11.8 Å². The predicted octanol–water partition coefficient (Wildman–Crippen LogP) is 1.71. The Hall–Kier alpha value is -2.78. The zero-order valence-corrected chi connectivity index (χ0v) is 16.6. The molecule has 1 aromatic heterocycles. The molecule has 3 N–H and O–H groups in total. The monoisotopic (exact) mass is 429 g/mol. The summed E-state index contributed by atoms with van der Waals surface area (Å²) in [4.78, 5) is 27.7. The molecule has 1 spiro atoms. The summed E-state index contributed by atoms with van der Waals surface area (Å²) in [5.41, 5.74) is -0.257. The molecule has 2 aliphatic carbocycles. The lowest BCUT2D eigenvalue weighted by Crippen LogP contribution is -2.48. The molecule has 162 valence electrons. The largest absolute Gasteiger partial charge is 0.503 e. The van der Waals surface area contributed by atoms with Crippen molar-refractivity contribution in [3.63, 3.8) is 0 Å². The van der Waals surface area contributed by atoms with E-state index in [4.69, 9.17) is 0 Å². The average Bonchev–Trinajstić information content (AvgIpc) is 3.37. The first kappa shape index (κ1) is 18.9. The third-order valence-corrected chi connectivity index (χ3v) is 7.49. The standard InChI is InChI=1S/C22H21F2N3O4/c23-14-2-1-10(7-15(14)24)9-26-6-4-12-16(20(26)30)18(28)21(31)27-17(12)19(29)25-22(27)5-3-11-8-13(11)22/h1-2,7,11,13,20,28,30H,3-6,8-9H2,(H,25,29)/t11?,13-,20?,22?/m0/s1. The second kappa shape index (κ2) is 6.14. The number of aliphatic hydroxyl groups excluding tert-OH is 1. The van der Waals surface area contributed by atoms with E-state index >= 15 is 0 Å². The molecule has 7 nitrogen and oxygen atoms in total. The highest BCUT2D eigenvalue weighted by Crippen LogP contribution is 2.61. The van der Waals surface area contributed by atoms with Crippen molar-refractivity contribution in [2.45, 2.75) is 44.1 Å². The second-order valence-corrected chi connectivity index (χ2v) is 9.09. The van der Waals surface area contributed by atoms with Gasteiger partial charge in [0, 0.05) is 24.6 Å². The minimum Gasteiger partial charge on any atom is -0.503 e. The molecule has 2 fully saturated rings. The van der Waals surface area contributed by atoms with Crippen molar-refractivity contribution in [1.29, 1.82) is 0 Å². The van der Waals surface area contributed by atoms with Gasteiger partial charge in [-0.2, -0.15) is 0 Å². The van der Waals surface area contributed by atoms with E-state index in [0.717, 1.165) is 25.0 Å². The Morgan fingerprint density at radius 1 is 1.23 bits per heavy atom. The Kier molecular flexibility index (Phi) is 3.75. The highest BCUT2D eigenvalue weighted by atomic mass is 19.2. The van der Waals surface area contributed by atoms with E-state index < -0.39 is 34.8 Å². The van der Waals surface area contributed by atoms with Crippen LogP contribution in [-0.4, -0.2) is 32.1 Å². The van der Waals surface area contributed by atoms with Gasteiger partial charge in [-0.1, -0.05) is 6.07 Å².